The van der Waals surface area contributed by atoms with Gasteiger partial charge in [-0.3, -0.25) is 4.90 Å². The maximum atomic E-state index is 5.18. The van der Waals surface area contributed by atoms with Crippen LogP contribution in [-0.4, -0.2) is 41.5 Å². The molecule has 1 aromatic heterocycles. The van der Waals surface area contributed by atoms with Crippen molar-refractivity contribution in [3.8, 4) is 5.69 Å². The average molecular weight is 327 g/mol. The Labute approximate surface area is 145 Å². The van der Waals surface area contributed by atoms with Crippen LogP contribution in [0, 0.1) is 12.8 Å². The predicted molar refractivity (Wildman–Crippen MR) is 97.4 cm³/mol. The van der Waals surface area contributed by atoms with Crippen molar-refractivity contribution in [1.29, 1.82) is 0 Å². The molecule has 130 valence electrons. The molecule has 1 aliphatic heterocycles. The van der Waals surface area contributed by atoms with E-state index in [1.165, 1.54) is 49.9 Å². The number of ether oxygens (including phenoxy) is 1. The van der Waals surface area contributed by atoms with Gasteiger partial charge in [-0.25, -0.2) is 4.68 Å². The first kappa shape index (κ1) is 17.2. The van der Waals surface area contributed by atoms with Crippen molar-refractivity contribution in [2.75, 3.05) is 26.8 Å². The molecular formula is C20H29N3O. The average Bonchev–Trinajstić information content (AvgIpc) is 3.04. The minimum Gasteiger partial charge on any atom is -0.385 e. The van der Waals surface area contributed by atoms with Gasteiger partial charge in [0.25, 0.3) is 0 Å². The summed E-state index contributed by atoms with van der Waals surface area (Å²) in [6.07, 6.45) is 9.32. The van der Waals surface area contributed by atoms with Gasteiger partial charge in [-0.2, -0.15) is 5.10 Å². The lowest BCUT2D eigenvalue weighted by atomic mass is 9.93. The monoisotopic (exact) mass is 327 g/mol. The lowest BCUT2D eigenvalue weighted by Crippen LogP contribution is -2.34. The highest BCUT2D eigenvalue weighted by atomic mass is 16.5. The zero-order chi connectivity index (χ0) is 16.8. The number of hydrogen-bond acceptors (Lipinski definition) is 3. The van der Waals surface area contributed by atoms with Gasteiger partial charge in [0.1, 0.15) is 0 Å². The smallest absolute Gasteiger partial charge is 0.0648 e. The summed E-state index contributed by atoms with van der Waals surface area (Å²) in [6.45, 7) is 6.42. The molecule has 0 amide bonds. The number of aromatic nitrogens is 2. The van der Waals surface area contributed by atoms with E-state index in [2.05, 4.69) is 47.4 Å². The summed E-state index contributed by atoms with van der Waals surface area (Å²) in [7, 11) is 1.79. The summed E-state index contributed by atoms with van der Waals surface area (Å²) in [5, 5.41) is 4.55. The van der Waals surface area contributed by atoms with Crippen LogP contribution in [-0.2, 0) is 11.3 Å². The van der Waals surface area contributed by atoms with Gasteiger partial charge in [-0.1, -0.05) is 12.1 Å². The molecule has 1 atom stereocenters. The Kier molecular flexibility index (Phi) is 6.05. The van der Waals surface area contributed by atoms with Crippen LogP contribution in [0.5, 0.6) is 0 Å². The van der Waals surface area contributed by atoms with Gasteiger partial charge in [0.2, 0.25) is 0 Å². The van der Waals surface area contributed by atoms with Gasteiger partial charge < -0.3 is 4.74 Å². The molecular weight excluding hydrogens is 298 g/mol. The number of benzene rings is 1. The molecule has 0 N–H and O–H groups in total. The van der Waals surface area contributed by atoms with Gasteiger partial charge in [0.15, 0.2) is 0 Å². The van der Waals surface area contributed by atoms with Gasteiger partial charge in [-0.05, 0) is 62.8 Å². The van der Waals surface area contributed by atoms with E-state index in [1.54, 1.807) is 7.11 Å². The molecule has 4 nitrogen and oxygen atoms in total. The maximum Gasteiger partial charge on any atom is 0.0648 e. The van der Waals surface area contributed by atoms with E-state index in [0.717, 1.165) is 24.8 Å². The minimum absolute atomic E-state index is 0.820. The van der Waals surface area contributed by atoms with Gasteiger partial charge in [0.05, 0.1) is 11.9 Å². The second kappa shape index (κ2) is 8.45. The van der Waals surface area contributed by atoms with E-state index in [-0.39, 0.29) is 0 Å². The normalized spacial score (nSPS) is 18.8. The third-order valence-electron chi connectivity index (χ3n) is 4.87. The summed E-state index contributed by atoms with van der Waals surface area (Å²) in [5.74, 6) is 0.820. The van der Waals surface area contributed by atoms with Crippen molar-refractivity contribution < 1.29 is 4.74 Å². The maximum absolute atomic E-state index is 5.18. The first-order valence-electron chi connectivity index (χ1n) is 9.06. The zero-order valence-electron chi connectivity index (χ0n) is 14.9. The summed E-state index contributed by atoms with van der Waals surface area (Å²) in [5.41, 5.74) is 3.70. The second-order valence-electron chi connectivity index (χ2n) is 7.01. The van der Waals surface area contributed by atoms with E-state index >= 15 is 0 Å². The minimum atomic E-state index is 0.820. The molecule has 3 rings (SSSR count). The molecule has 1 fully saturated rings. The molecule has 2 aromatic rings. The predicted octanol–water partition coefficient (Wildman–Crippen LogP) is 3.82. The second-order valence-corrected chi connectivity index (χ2v) is 7.01. The largest absolute Gasteiger partial charge is 0.385 e. The Balaban J connectivity index is 1.56. The molecule has 1 aromatic carbocycles. The quantitative estimate of drug-likeness (QED) is 0.724. The van der Waals surface area contributed by atoms with Crippen LogP contribution in [0.2, 0.25) is 0 Å². The van der Waals surface area contributed by atoms with Crippen LogP contribution in [0.4, 0.5) is 0 Å². The fourth-order valence-electron chi connectivity index (χ4n) is 3.66. The third-order valence-corrected chi connectivity index (χ3v) is 4.87. The molecule has 0 radical (unpaired) electrons. The number of methoxy groups -OCH3 is 1. The number of aryl methyl sites for hydroxylation is 1. The SMILES string of the molecule is COCCCC1CCCN(Cc2cnn(-c3cccc(C)c3)c2)C1. The Morgan fingerprint density at radius 1 is 1.33 bits per heavy atom. The number of likely N-dealkylation sites (tertiary alicyclic amines) is 1. The van der Waals surface area contributed by atoms with Gasteiger partial charge >= 0.3 is 0 Å². The zero-order valence-corrected chi connectivity index (χ0v) is 14.9. The van der Waals surface area contributed by atoms with E-state index in [4.69, 9.17) is 4.74 Å². The topological polar surface area (TPSA) is 30.3 Å². The third kappa shape index (κ3) is 4.68. The van der Waals surface area contributed by atoms with E-state index in [1.807, 2.05) is 10.9 Å². The number of hydrogen-bond donors (Lipinski definition) is 0. The highest BCUT2D eigenvalue weighted by Crippen LogP contribution is 2.22. The first-order chi connectivity index (χ1) is 11.7. The van der Waals surface area contributed by atoms with Crippen LogP contribution in [0.1, 0.15) is 36.8 Å². The Morgan fingerprint density at radius 2 is 2.25 bits per heavy atom. The molecule has 1 saturated heterocycles. The molecule has 1 unspecified atom stereocenters. The molecule has 1 aliphatic rings. The first-order valence-corrected chi connectivity index (χ1v) is 9.06. The van der Waals surface area contributed by atoms with Crippen molar-refractivity contribution >= 4 is 0 Å². The Hall–Kier alpha value is -1.65. The van der Waals surface area contributed by atoms with Gasteiger partial charge in [-0.15, -0.1) is 0 Å². The van der Waals surface area contributed by atoms with Crippen molar-refractivity contribution in [3.05, 3.63) is 47.8 Å². The number of rotatable bonds is 7. The lowest BCUT2D eigenvalue weighted by Gasteiger charge is -2.32. The summed E-state index contributed by atoms with van der Waals surface area (Å²) in [6, 6.07) is 8.48. The van der Waals surface area contributed by atoms with Crippen molar-refractivity contribution in [3.63, 3.8) is 0 Å². The fraction of sp³-hybridized carbons (Fsp3) is 0.550. The Morgan fingerprint density at radius 3 is 3.08 bits per heavy atom. The molecule has 0 saturated carbocycles. The van der Waals surface area contributed by atoms with Crippen LogP contribution in [0.3, 0.4) is 0 Å². The highest BCUT2D eigenvalue weighted by molar-refractivity contribution is 5.35. The van der Waals surface area contributed by atoms with E-state index in [0.29, 0.717) is 0 Å². The fourth-order valence-corrected chi connectivity index (χ4v) is 3.66. The molecule has 0 aliphatic carbocycles. The van der Waals surface area contributed by atoms with Crippen LogP contribution in [0.15, 0.2) is 36.7 Å². The molecule has 2 heterocycles. The van der Waals surface area contributed by atoms with Crippen molar-refractivity contribution in [2.24, 2.45) is 5.92 Å². The summed E-state index contributed by atoms with van der Waals surface area (Å²) >= 11 is 0. The Bertz CT molecular complexity index is 637. The van der Waals surface area contributed by atoms with Crippen LogP contribution in [0.25, 0.3) is 5.69 Å². The summed E-state index contributed by atoms with van der Waals surface area (Å²) < 4.78 is 7.17. The number of piperidine rings is 1. The van der Waals surface area contributed by atoms with E-state index < -0.39 is 0 Å². The van der Waals surface area contributed by atoms with E-state index in [9.17, 15) is 0 Å². The molecule has 24 heavy (non-hydrogen) atoms. The highest BCUT2D eigenvalue weighted by Gasteiger charge is 2.20. The molecule has 4 heteroatoms. The molecule has 0 bridgehead atoms. The number of nitrogens with zero attached hydrogens (tertiary/aromatic N) is 3. The summed E-state index contributed by atoms with van der Waals surface area (Å²) in [4.78, 5) is 2.58. The molecule has 0 spiro atoms. The standard InChI is InChI=1S/C20H29N3O/c1-17-6-3-9-20(12-17)23-16-19(13-21-23)15-22-10-4-7-18(14-22)8-5-11-24-2/h3,6,9,12-13,16,18H,4-5,7-8,10-11,14-15H2,1-2H3. The van der Waals surface area contributed by atoms with Gasteiger partial charge in [0, 0.05) is 38.6 Å². The van der Waals surface area contributed by atoms with Crippen molar-refractivity contribution in [2.45, 2.75) is 39.2 Å². The van der Waals surface area contributed by atoms with Crippen molar-refractivity contribution in [1.82, 2.24) is 14.7 Å². The van der Waals surface area contributed by atoms with Crippen LogP contribution < -0.4 is 0 Å². The lowest BCUT2D eigenvalue weighted by molar-refractivity contribution is 0.142. The van der Waals surface area contributed by atoms with Crippen LogP contribution >= 0.6 is 0 Å².